The van der Waals surface area contributed by atoms with Crippen LogP contribution in [-0.4, -0.2) is 11.2 Å². The van der Waals surface area contributed by atoms with Gasteiger partial charge >= 0.3 is 0 Å². The van der Waals surface area contributed by atoms with E-state index in [-0.39, 0.29) is 5.70 Å². The van der Waals surface area contributed by atoms with Crippen LogP contribution in [-0.2, 0) is 0 Å². The fourth-order valence-electron chi connectivity index (χ4n) is 0.864. The molecule has 0 aromatic heterocycles. The molecule has 0 N–H and O–H groups in total. The Kier molecular flexibility index (Phi) is 3.20. The van der Waals surface area contributed by atoms with Crippen LogP contribution in [0.4, 0.5) is 4.39 Å². The number of rotatable bonds is 3. The fraction of sp³-hybridized carbons (Fsp3) is 0.100. The van der Waals surface area contributed by atoms with Gasteiger partial charge in [0, 0.05) is 18.8 Å². The van der Waals surface area contributed by atoms with Crippen molar-refractivity contribution in [2.75, 3.05) is 0 Å². The molecule has 1 rings (SSSR count). The van der Waals surface area contributed by atoms with Gasteiger partial charge in [0.2, 0.25) is 0 Å². The zero-order valence-electron chi connectivity index (χ0n) is 7.28. The van der Waals surface area contributed by atoms with Gasteiger partial charge in [-0.15, -0.1) is 0 Å². The van der Waals surface area contributed by atoms with Gasteiger partial charge in [0.05, 0.1) is 5.70 Å². The molecule has 0 fully saturated rings. The molecule has 0 aromatic rings. The summed E-state index contributed by atoms with van der Waals surface area (Å²) < 4.78 is 13.1. The Balaban J connectivity index is 2.72. The lowest BCUT2D eigenvalue weighted by Crippen LogP contribution is -2.11. The first-order valence-corrected chi connectivity index (χ1v) is 3.91. The molecule has 0 saturated heterocycles. The molecule has 2 nitrogen and oxygen atoms in total. The van der Waals surface area contributed by atoms with E-state index in [1.807, 2.05) is 6.08 Å². The van der Waals surface area contributed by atoms with Gasteiger partial charge in [-0.3, -0.25) is 0 Å². The normalized spacial score (nSPS) is 16.1. The van der Waals surface area contributed by atoms with Gasteiger partial charge in [0.15, 0.2) is 0 Å². The highest BCUT2D eigenvalue weighted by molar-refractivity contribution is 5.60. The number of hydrogen-bond donors (Lipinski definition) is 0. The molecule has 3 heteroatoms. The van der Waals surface area contributed by atoms with E-state index in [9.17, 15) is 4.39 Å². The first-order valence-electron chi connectivity index (χ1n) is 3.91. The number of nitrogens with zero attached hydrogens (tertiary/aromatic N) is 2. The molecule has 13 heavy (non-hydrogen) atoms. The maximum atomic E-state index is 13.1. The third kappa shape index (κ3) is 2.40. The van der Waals surface area contributed by atoms with Crippen molar-refractivity contribution in [1.82, 2.24) is 5.01 Å². The molecular formula is C10H11FN2. The molecule has 0 spiro atoms. The van der Waals surface area contributed by atoms with Gasteiger partial charge in [0.1, 0.15) is 5.83 Å². The quantitative estimate of drug-likeness (QED) is 0.607. The number of hydrazone groups is 1. The lowest BCUT2D eigenvalue weighted by atomic mass is 10.3. The molecule has 0 radical (unpaired) electrons. The van der Waals surface area contributed by atoms with Gasteiger partial charge in [0.25, 0.3) is 0 Å². The van der Waals surface area contributed by atoms with Crippen LogP contribution < -0.4 is 0 Å². The van der Waals surface area contributed by atoms with Gasteiger partial charge in [-0.05, 0) is 6.08 Å². The molecule has 0 aromatic carbocycles. The highest BCUT2D eigenvalue weighted by Gasteiger charge is 2.08. The minimum Gasteiger partial charge on any atom is -0.239 e. The van der Waals surface area contributed by atoms with E-state index in [4.69, 9.17) is 0 Å². The van der Waals surface area contributed by atoms with Crippen LogP contribution in [0, 0.1) is 0 Å². The molecule has 1 aliphatic rings. The lowest BCUT2D eigenvalue weighted by Gasteiger charge is -2.17. The smallest absolute Gasteiger partial charge is 0.148 e. The second kappa shape index (κ2) is 4.40. The molecular weight excluding hydrogens is 167 g/mol. The summed E-state index contributed by atoms with van der Waals surface area (Å²) in [6.45, 7) is 6.96. The van der Waals surface area contributed by atoms with Crippen molar-refractivity contribution in [3.63, 3.8) is 0 Å². The molecule has 1 heterocycles. The minimum absolute atomic E-state index is 0.215. The van der Waals surface area contributed by atoms with Crippen molar-refractivity contribution in [1.29, 1.82) is 0 Å². The molecule has 1 aliphatic heterocycles. The molecule has 0 atom stereocenters. The molecule has 0 amide bonds. The molecule has 0 unspecified atom stereocenters. The van der Waals surface area contributed by atoms with Crippen molar-refractivity contribution in [3.8, 4) is 0 Å². The maximum absolute atomic E-state index is 13.1. The number of hydrogen-bond acceptors (Lipinski definition) is 2. The SMILES string of the molecule is C=C/C=C(/F)C(=C)N1C=CCC=N1. The van der Waals surface area contributed by atoms with Crippen molar-refractivity contribution >= 4 is 6.21 Å². The Morgan fingerprint density at radius 3 is 2.92 bits per heavy atom. The van der Waals surface area contributed by atoms with Gasteiger partial charge in [-0.25, -0.2) is 9.40 Å². The zero-order chi connectivity index (χ0) is 9.68. The average molecular weight is 178 g/mol. The fourth-order valence-corrected chi connectivity index (χ4v) is 0.864. The summed E-state index contributed by atoms with van der Waals surface area (Å²) in [7, 11) is 0. The number of halogens is 1. The van der Waals surface area contributed by atoms with Crippen molar-refractivity contribution in [2.45, 2.75) is 6.42 Å². The maximum Gasteiger partial charge on any atom is 0.148 e. The van der Waals surface area contributed by atoms with Crippen molar-refractivity contribution in [2.24, 2.45) is 5.10 Å². The second-order valence-electron chi connectivity index (χ2n) is 2.46. The van der Waals surface area contributed by atoms with E-state index in [1.165, 1.54) is 17.2 Å². The van der Waals surface area contributed by atoms with Crippen LogP contribution in [0.1, 0.15) is 6.42 Å². The third-order valence-electron chi connectivity index (χ3n) is 1.51. The summed E-state index contributed by atoms with van der Waals surface area (Å²) in [6, 6.07) is 0. The Bertz CT molecular complexity index is 288. The zero-order valence-corrected chi connectivity index (χ0v) is 7.28. The Morgan fingerprint density at radius 2 is 2.38 bits per heavy atom. The van der Waals surface area contributed by atoms with E-state index in [2.05, 4.69) is 18.3 Å². The predicted octanol–water partition coefficient (Wildman–Crippen LogP) is 2.74. The van der Waals surface area contributed by atoms with Crippen LogP contribution in [0.15, 0.2) is 54.2 Å². The van der Waals surface area contributed by atoms with Gasteiger partial charge in [-0.2, -0.15) is 5.10 Å². The first-order chi connectivity index (χ1) is 6.25. The lowest BCUT2D eigenvalue weighted by molar-refractivity contribution is 0.465. The van der Waals surface area contributed by atoms with Crippen LogP contribution in [0.25, 0.3) is 0 Å². The highest BCUT2D eigenvalue weighted by Crippen LogP contribution is 2.17. The van der Waals surface area contributed by atoms with Gasteiger partial charge < -0.3 is 0 Å². The van der Waals surface area contributed by atoms with E-state index >= 15 is 0 Å². The van der Waals surface area contributed by atoms with E-state index < -0.39 is 5.83 Å². The number of allylic oxidation sites excluding steroid dienone is 4. The third-order valence-corrected chi connectivity index (χ3v) is 1.51. The van der Waals surface area contributed by atoms with Crippen molar-refractivity contribution in [3.05, 3.63) is 49.1 Å². The molecule has 0 saturated carbocycles. The summed E-state index contributed by atoms with van der Waals surface area (Å²) in [5.74, 6) is -0.432. The summed E-state index contributed by atoms with van der Waals surface area (Å²) >= 11 is 0. The Morgan fingerprint density at radius 1 is 1.62 bits per heavy atom. The average Bonchev–Trinajstić information content (AvgIpc) is 2.18. The van der Waals surface area contributed by atoms with E-state index in [1.54, 1.807) is 12.4 Å². The molecule has 68 valence electrons. The summed E-state index contributed by atoms with van der Waals surface area (Å²) in [5.41, 5.74) is 0.215. The van der Waals surface area contributed by atoms with E-state index in [0.717, 1.165) is 6.42 Å². The largest absolute Gasteiger partial charge is 0.239 e. The minimum atomic E-state index is -0.432. The molecule has 0 aliphatic carbocycles. The summed E-state index contributed by atoms with van der Waals surface area (Å²) in [5, 5.41) is 5.33. The predicted molar refractivity (Wildman–Crippen MR) is 52.6 cm³/mol. The summed E-state index contributed by atoms with van der Waals surface area (Å²) in [6.07, 6.45) is 8.64. The van der Waals surface area contributed by atoms with Gasteiger partial charge in [-0.1, -0.05) is 25.3 Å². The monoisotopic (exact) mass is 178 g/mol. The Hall–Kier alpha value is -1.64. The molecule has 0 bridgehead atoms. The Labute approximate surface area is 77.1 Å². The summed E-state index contributed by atoms with van der Waals surface area (Å²) in [4.78, 5) is 0. The second-order valence-corrected chi connectivity index (χ2v) is 2.46. The van der Waals surface area contributed by atoms with Crippen LogP contribution in [0.2, 0.25) is 0 Å². The van der Waals surface area contributed by atoms with E-state index in [0.29, 0.717) is 0 Å². The topological polar surface area (TPSA) is 15.6 Å². The highest BCUT2D eigenvalue weighted by atomic mass is 19.1. The van der Waals surface area contributed by atoms with Crippen LogP contribution in [0.5, 0.6) is 0 Å². The standard InChI is InChI=1S/C10H11FN2/c1-3-6-10(11)9(2)13-8-5-4-7-12-13/h3,5-8H,1-2,4H2/b10-6+. The first kappa shape index (κ1) is 9.45. The van der Waals surface area contributed by atoms with Crippen LogP contribution in [0.3, 0.4) is 0 Å². The van der Waals surface area contributed by atoms with Crippen LogP contribution >= 0.6 is 0 Å². The van der Waals surface area contributed by atoms with Crippen molar-refractivity contribution < 1.29 is 4.39 Å².